The van der Waals surface area contributed by atoms with Crippen molar-refractivity contribution in [2.24, 2.45) is 17.8 Å². The number of aliphatic hydroxyl groups excluding tert-OH is 1. The number of carbonyl (C=O) groups is 3. The van der Waals surface area contributed by atoms with Gasteiger partial charge in [0.1, 0.15) is 17.4 Å². The van der Waals surface area contributed by atoms with Crippen molar-refractivity contribution in [3.05, 3.63) is 36.9 Å². The summed E-state index contributed by atoms with van der Waals surface area (Å²) in [4.78, 5) is 43.0. The number of likely N-dealkylation sites (tertiary alicyclic amines) is 1. The molecule has 9 nitrogen and oxygen atoms in total. The maximum absolute atomic E-state index is 14.3. The van der Waals surface area contributed by atoms with Gasteiger partial charge in [-0.3, -0.25) is 14.4 Å². The number of carboxylic acid groups (broad SMARTS) is 1. The van der Waals surface area contributed by atoms with Crippen molar-refractivity contribution >= 4 is 39.4 Å². The SMILES string of the molecule is C=CCN(C(=O)[C@@H]1N([C@@H](CO)C(C)C)C(=O)[C@H]2[C@H](C(=O)O)[C@H]3O[C@@]12CC3Br)c1ccc(OC)cc1. The number of hydrogen-bond donors (Lipinski definition) is 2. The molecule has 0 radical (unpaired) electrons. The number of nitrogens with zero attached hydrogens (tertiary/aromatic N) is 2. The van der Waals surface area contributed by atoms with Gasteiger partial charge in [-0.25, -0.2) is 0 Å². The van der Waals surface area contributed by atoms with Gasteiger partial charge in [-0.1, -0.05) is 35.9 Å². The predicted octanol–water partition coefficient (Wildman–Crippen LogP) is 2.06. The Morgan fingerprint density at radius 1 is 1.37 bits per heavy atom. The second kappa shape index (κ2) is 9.55. The number of hydrogen-bond acceptors (Lipinski definition) is 6. The molecule has 2 N–H and O–H groups in total. The second-order valence-corrected chi connectivity index (χ2v) is 10.9. The number of anilines is 1. The highest BCUT2D eigenvalue weighted by molar-refractivity contribution is 9.09. The number of methoxy groups -OCH3 is 1. The molecule has 3 fully saturated rings. The lowest BCUT2D eigenvalue weighted by Crippen LogP contribution is -2.60. The molecule has 190 valence electrons. The van der Waals surface area contributed by atoms with E-state index >= 15 is 0 Å². The van der Waals surface area contributed by atoms with E-state index in [4.69, 9.17) is 9.47 Å². The normalized spacial score (nSPS) is 32.0. The number of carbonyl (C=O) groups excluding carboxylic acids is 2. The minimum Gasteiger partial charge on any atom is -0.497 e. The number of aliphatic carboxylic acids is 1. The number of alkyl halides is 1. The van der Waals surface area contributed by atoms with Crippen LogP contribution in [0.5, 0.6) is 5.75 Å². The summed E-state index contributed by atoms with van der Waals surface area (Å²) >= 11 is 3.54. The lowest BCUT2D eigenvalue weighted by atomic mass is 9.70. The Balaban J connectivity index is 1.84. The summed E-state index contributed by atoms with van der Waals surface area (Å²) in [5, 5.41) is 20.2. The first kappa shape index (κ1) is 25.7. The zero-order valence-electron chi connectivity index (χ0n) is 20.0. The summed E-state index contributed by atoms with van der Waals surface area (Å²) in [5.41, 5.74) is -0.740. The zero-order chi connectivity index (χ0) is 25.7. The van der Waals surface area contributed by atoms with Crippen molar-refractivity contribution < 1.29 is 34.1 Å². The first-order chi connectivity index (χ1) is 16.6. The molecular formula is C25H31BrN2O7. The molecule has 1 unspecified atom stereocenters. The van der Waals surface area contributed by atoms with E-state index in [1.807, 2.05) is 13.8 Å². The Kier molecular flexibility index (Phi) is 7.00. The number of halogens is 1. The van der Waals surface area contributed by atoms with Gasteiger partial charge < -0.3 is 29.5 Å². The van der Waals surface area contributed by atoms with Crippen LogP contribution in [0.3, 0.4) is 0 Å². The van der Waals surface area contributed by atoms with Gasteiger partial charge in [0.2, 0.25) is 5.91 Å². The lowest BCUT2D eigenvalue weighted by Gasteiger charge is -2.40. The van der Waals surface area contributed by atoms with E-state index in [9.17, 15) is 24.6 Å². The van der Waals surface area contributed by atoms with E-state index in [2.05, 4.69) is 22.5 Å². The summed E-state index contributed by atoms with van der Waals surface area (Å²) in [6.07, 6.45) is 1.18. The van der Waals surface area contributed by atoms with Crippen molar-refractivity contribution in [3.8, 4) is 5.75 Å². The van der Waals surface area contributed by atoms with Crippen molar-refractivity contribution in [1.29, 1.82) is 0 Å². The molecule has 10 heteroatoms. The Labute approximate surface area is 212 Å². The lowest BCUT2D eigenvalue weighted by molar-refractivity contribution is -0.151. The van der Waals surface area contributed by atoms with Crippen LogP contribution in [0.15, 0.2) is 36.9 Å². The Bertz CT molecular complexity index is 1020. The first-order valence-corrected chi connectivity index (χ1v) is 12.6. The van der Waals surface area contributed by atoms with Gasteiger partial charge in [-0.2, -0.15) is 0 Å². The largest absolute Gasteiger partial charge is 0.497 e. The third kappa shape index (κ3) is 3.86. The average molecular weight is 551 g/mol. The molecular weight excluding hydrogens is 520 g/mol. The minimum atomic E-state index is -1.32. The maximum atomic E-state index is 14.3. The topological polar surface area (TPSA) is 117 Å². The van der Waals surface area contributed by atoms with Crippen molar-refractivity contribution in [1.82, 2.24) is 4.90 Å². The van der Waals surface area contributed by atoms with E-state index in [0.29, 0.717) is 17.9 Å². The van der Waals surface area contributed by atoms with Crippen molar-refractivity contribution in [2.45, 2.75) is 48.9 Å². The first-order valence-electron chi connectivity index (χ1n) is 11.7. The molecule has 35 heavy (non-hydrogen) atoms. The van der Waals surface area contributed by atoms with Crippen LogP contribution in [0.4, 0.5) is 5.69 Å². The van der Waals surface area contributed by atoms with Crippen LogP contribution in [-0.4, -0.2) is 81.8 Å². The van der Waals surface area contributed by atoms with E-state index in [1.165, 1.54) is 9.80 Å². The molecule has 3 aliphatic rings. The van der Waals surface area contributed by atoms with E-state index in [0.717, 1.165) is 0 Å². The summed E-state index contributed by atoms with van der Waals surface area (Å²) in [6, 6.07) is 5.16. The highest BCUT2D eigenvalue weighted by atomic mass is 79.9. The van der Waals surface area contributed by atoms with E-state index in [1.54, 1.807) is 37.5 Å². The Morgan fingerprint density at radius 2 is 2.03 bits per heavy atom. The molecule has 3 heterocycles. The van der Waals surface area contributed by atoms with Gasteiger partial charge in [-0.15, -0.1) is 6.58 Å². The van der Waals surface area contributed by atoms with Crippen LogP contribution in [0.1, 0.15) is 20.3 Å². The quantitative estimate of drug-likeness (QED) is 0.357. The van der Waals surface area contributed by atoms with Crippen LogP contribution in [0.25, 0.3) is 0 Å². The van der Waals surface area contributed by atoms with Gasteiger partial charge in [0, 0.05) is 17.1 Å². The van der Waals surface area contributed by atoms with Gasteiger partial charge >= 0.3 is 5.97 Å². The number of ether oxygens (including phenoxy) is 2. The van der Waals surface area contributed by atoms with Crippen LogP contribution < -0.4 is 9.64 Å². The maximum Gasteiger partial charge on any atom is 0.310 e. The van der Waals surface area contributed by atoms with E-state index in [-0.39, 0.29) is 23.9 Å². The molecule has 4 rings (SSSR count). The van der Waals surface area contributed by atoms with Gasteiger partial charge in [-0.05, 0) is 36.6 Å². The number of amides is 2. The Hall–Kier alpha value is -2.43. The molecule has 3 saturated heterocycles. The molecule has 7 atom stereocenters. The molecule has 1 aromatic rings. The molecule has 1 aromatic carbocycles. The monoisotopic (exact) mass is 550 g/mol. The summed E-state index contributed by atoms with van der Waals surface area (Å²) < 4.78 is 11.5. The molecule has 2 amide bonds. The number of benzene rings is 1. The van der Waals surface area contributed by atoms with E-state index < -0.39 is 53.4 Å². The summed E-state index contributed by atoms with van der Waals surface area (Å²) in [5.74, 6) is -3.64. The standard InChI is InChI=1S/C25H31BrN2O7/c1-5-10-27(14-6-8-15(34-4)9-7-14)23(31)21-25-11-16(26)20(35-25)18(24(32)33)19(25)22(30)28(21)17(12-29)13(2)3/h5-9,13,16-21,29H,1,10-12H2,2-4H3,(H,32,33)/t16?,17-,18-,19+,20-,21-,25+/m0/s1. The van der Waals surface area contributed by atoms with Crippen LogP contribution >= 0.6 is 15.9 Å². The molecule has 1 spiro atoms. The van der Waals surface area contributed by atoms with Crippen molar-refractivity contribution in [3.63, 3.8) is 0 Å². The van der Waals surface area contributed by atoms with Crippen LogP contribution in [-0.2, 0) is 19.1 Å². The third-order valence-corrected chi connectivity index (χ3v) is 8.37. The fourth-order valence-corrected chi connectivity index (χ4v) is 6.91. The highest BCUT2D eigenvalue weighted by Crippen LogP contribution is 2.60. The number of carboxylic acids is 1. The summed E-state index contributed by atoms with van der Waals surface area (Å²) in [6.45, 7) is 7.30. The number of fused-ring (bicyclic) bond motifs is 1. The fraction of sp³-hybridized carbons (Fsp3) is 0.560. The molecule has 3 aliphatic heterocycles. The van der Waals surface area contributed by atoms with Crippen LogP contribution in [0.2, 0.25) is 0 Å². The molecule has 0 aromatic heterocycles. The number of rotatable bonds is 9. The minimum absolute atomic E-state index is 0.166. The van der Waals surface area contributed by atoms with Gasteiger partial charge in [0.05, 0.1) is 37.7 Å². The fourth-order valence-electron chi connectivity index (χ4n) is 5.97. The summed E-state index contributed by atoms with van der Waals surface area (Å²) in [7, 11) is 1.55. The van der Waals surface area contributed by atoms with Crippen LogP contribution in [0, 0.1) is 17.8 Å². The van der Waals surface area contributed by atoms with Gasteiger partial charge in [0.15, 0.2) is 0 Å². The van der Waals surface area contributed by atoms with Crippen molar-refractivity contribution in [2.75, 3.05) is 25.2 Å². The highest BCUT2D eigenvalue weighted by Gasteiger charge is 2.77. The predicted molar refractivity (Wildman–Crippen MR) is 131 cm³/mol. The molecule has 2 bridgehead atoms. The smallest absolute Gasteiger partial charge is 0.310 e. The molecule has 0 saturated carbocycles. The zero-order valence-corrected chi connectivity index (χ0v) is 21.6. The average Bonchev–Trinajstić information content (AvgIpc) is 3.41. The second-order valence-electron chi connectivity index (χ2n) is 9.68. The Morgan fingerprint density at radius 3 is 2.54 bits per heavy atom. The van der Waals surface area contributed by atoms with Gasteiger partial charge in [0.25, 0.3) is 5.91 Å². The third-order valence-electron chi connectivity index (χ3n) is 7.52. The number of aliphatic hydroxyl groups is 1. The molecule has 0 aliphatic carbocycles.